The van der Waals surface area contributed by atoms with Gasteiger partial charge < -0.3 is 14.2 Å². The Hall–Kier alpha value is -6.30. The maximum atomic E-state index is 12.4. The Morgan fingerprint density at radius 3 is 1.64 bits per heavy atom. The van der Waals surface area contributed by atoms with Crippen LogP contribution in [0, 0.1) is 23.7 Å². The predicted octanol–water partition coefficient (Wildman–Crippen LogP) is 8.72. The van der Waals surface area contributed by atoms with Gasteiger partial charge in [-0.25, -0.2) is 9.59 Å². The number of esters is 2. The van der Waals surface area contributed by atoms with Gasteiger partial charge in [0.25, 0.3) is 0 Å². The van der Waals surface area contributed by atoms with Crippen molar-refractivity contribution in [2.75, 3.05) is 0 Å². The first-order valence-corrected chi connectivity index (χ1v) is 14.7. The third-order valence-electron chi connectivity index (χ3n) is 6.70. The molecule has 0 fully saturated rings. The van der Waals surface area contributed by atoms with Gasteiger partial charge in [0.15, 0.2) is 0 Å². The van der Waals surface area contributed by atoms with E-state index in [-0.39, 0.29) is 11.3 Å². The van der Waals surface area contributed by atoms with E-state index in [0.29, 0.717) is 40.4 Å². The van der Waals surface area contributed by atoms with E-state index in [1.165, 1.54) is 0 Å². The van der Waals surface area contributed by atoms with Gasteiger partial charge in [-0.05, 0) is 97.6 Å². The van der Waals surface area contributed by atoms with E-state index in [9.17, 15) is 9.59 Å². The van der Waals surface area contributed by atoms with Gasteiger partial charge in [-0.15, -0.1) is 0 Å². The molecule has 0 spiro atoms. The molecule has 0 saturated heterocycles. The van der Waals surface area contributed by atoms with Crippen LogP contribution in [0.5, 0.6) is 11.5 Å². The number of carbonyl (C=O) groups excluding carboxylic acids is 2. The van der Waals surface area contributed by atoms with E-state index in [0.717, 1.165) is 27.8 Å². The molecule has 0 atom stereocenters. The first-order valence-electron chi connectivity index (χ1n) is 14.7. The first-order chi connectivity index (χ1) is 22.5. The summed E-state index contributed by atoms with van der Waals surface area (Å²) in [4.78, 5) is 24.1. The SMILES string of the molecule is C=C(C)C(=C)OCc1ccc(-c2ccc(C#Cc3ccc(C#Cc4ccc(OC(=O)C(=C)C)cc4)c(OC(=O)C(=C)C)c3)cc2)cc1. The Morgan fingerprint density at radius 1 is 0.574 bits per heavy atom. The second-order valence-corrected chi connectivity index (χ2v) is 10.8. The van der Waals surface area contributed by atoms with Crippen LogP contribution >= 0.6 is 0 Å². The minimum atomic E-state index is -0.560. The molecule has 0 aliphatic heterocycles. The van der Waals surface area contributed by atoms with Gasteiger partial charge in [0.2, 0.25) is 0 Å². The number of hydrogen-bond acceptors (Lipinski definition) is 5. The van der Waals surface area contributed by atoms with E-state index < -0.39 is 11.9 Å². The molecule has 0 aromatic heterocycles. The molecule has 0 amide bonds. The smallest absolute Gasteiger partial charge is 0.338 e. The molecule has 0 radical (unpaired) electrons. The van der Waals surface area contributed by atoms with Crippen molar-refractivity contribution < 1.29 is 23.8 Å². The summed E-state index contributed by atoms with van der Waals surface area (Å²) in [5.41, 5.74) is 7.23. The van der Waals surface area contributed by atoms with Gasteiger partial charge >= 0.3 is 11.9 Å². The molecule has 4 aromatic carbocycles. The fraction of sp³-hybridized carbons (Fsp3) is 0.0952. The average Bonchev–Trinajstić information content (AvgIpc) is 3.06. The Morgan fingerprint density at radius 2 is 1.06 bits per heavy atom. The van der Waals surface area contributed by atoms with Crippen LogP contribution in [0.1, 0.15) is 48.6 Å². The number of benzene rings is 4. The standard InChI is InChI=1S/C42H34O5/c1-28(2)31(7)45-27-35-14-20-37(21-15-35)36-18-10-32(11-19-36)8-9-34-13-23-38(40(26-34)47-42(44)30(5)6)22-12-33-16-24-39(25-17-33)46-41(43)29(3)4/h10-11,13-21,23-26H,1,3,5,7,27H2,2,4,6H3. The van der Waals surface area contributed by atoms with Crippen LogP contribution in [0.4, 0.5) is 0 Å². The molecule has 0 N–H and O–H groups in total. The average molecular weight is 619 g/mol. The van der Waals surface area contributed by atoms with E-state index in [4.69, 9.17) is 14.2 Å². The van der Waals surface area contributed by atoms with Crippen molar-refractivity contribution in [3.63, 3.8) is 0 Å². The highest BCUT2D eigenvalue weighted by Crippen LogP contribution is 2.23. The summed E-state index contributed by atoms with van der Waals surface area (Å²) in [6, 6.07) is 28.1. The highest BCUT2D eigenvalue weighted by atomic mass is 16.5. The maximum Gasteiger partial charge on any atom is 0.338 e. The minimum absolute atomic E-state index is 0.261. The van der Waals surface area contributed by atoms with Gasteiger partial charge in [0.1, 0.15) is 23.9 Å². The zero-order chi connectivity index (χ0) is 33.9. The second-order valence-electron chi connectivity index (χ2n) is 10.8. The topological polar surface area (TPSA) is 61.8 Å². The molecule has 4 rings (SSSR count). The van der Waals surface area contributed by atoms with Crippen molar-refractivity contribution >= 4 is 11.9 Å². The summed E-state index contributed by atoms with van der Waals surface area (Å²) in [6.45, 7) is 20.4. The fourth-order valence-electron chi connectivity index (χ4n) is 3.89. The predicted molar refractivity (Wildman–Crippen MR) is 186 cm³/mol. The van der Waals surface area contributed by atoms with Crippen LogP contribution in [0.3, 0.4) is 0 Å². The van der Waals surface area contributed by atoms with Crippen LogP contribution < -0.4 is 9.47 Å². The molecule has 0 heterocycles. The molecule has 232 valence electrons. The molecular formula is C42H34O5. The molecule has 5 heteroatoms. The summed E-state index contributed by atoms with van der Waals surface area (Å²) in [5, 5.41) is 0. The molecule has 5 nitrogen and oxygen atoms in total. The van der Waals surface area contributed by atoms with Crippen molar-refractivity contribution in [3.05, 3.63) is 168 Å². The molecule has 0 aliphatic rings. The monoisotopic (exact) mass is 618 g/mol. The van der Waals surface area contributed by atoms with Crippen LogP contribution in [-0.4, -0.2) is 11.9 Å². The lowest BCUT2D eigenvalue weighted by Gasteiger charge is -2.09. The Labute approximate surface area is 276 Å². The van der Waals surface area contributed by atoms with Crippen molar-refractivity contribution in [1.29, 1.82) is 0 Å². The van der Waals surface area contributed by atoms with Crippen LogP contribution in [0.15, 0.2) is 140 Å². The number of allylic oxidation sites excluding steroid dienone is 1. The summed E-state index contributed by atoms with van der Waals surface area (Å²) in [7, 11) is 0. The van der Waals surface area contributed by atoms with Crippen molar-refractivity contribution in [2.24, 2.45) is 0 Å². The highest BCUT2D eigenvalue weighted by molar-refractivity contribution is 5.89. The van der Waals surface area contributed by atoms with Gasteiger partial charge in [-0.3, -0.25) is 0 Å². The van der Waals surface area contributed by atoms with Crippen molar-refractivity contribution in [1.82, 2.24) is 0 Å². The normalized spacial score (nSPS) is 9.85. The largest absolute Gasteiger partial charge is 0.489 e. The number of rotatable bonds is 9. The van der Waals surface area contributed by atoms with E-state index in [2.05, 4.69) is 62.1 Å². The lowest BCUT2D eigenvalue weighted by Crippen LogP contribution is -2.09. The Bertz CT molecular complexity index is 1990. The van der Waals surface area contributed by atoms with Crippen LogP contribution in [0.2, 0.25) is 0 Å². The number of hydrogen-bond donors (Lipinski definition) is 0. The summed E-state index contributed by atoms with van der Waals surface area (Å²) in [5.74, 6) is 12.6. The number of carbonyl (C=O) groups is 2. The summed E-state index contributed by atoms with van der Waals surface area (Å²) >= 11 is 0. The van der Waals surface area contributed by atoms with Gasteiger partial charge in [-0.1, -0.05) is 86.4 Å². The minimum Gasteiger partial charge on any atom is -0.489 e. The van der Waals surface area contributed by atoms with Crippen molar-refractivity contribution in [3.8, 4) is 46.3 Å². The van der Waals surface area contributed by atoms with Gasteiger partial charge in [0.05, 0.1) is 5.56 Å². The quantitative estimate of drug-likeness (QED) is 0.0469. The highest BCUT2D eigenvalue weighted by Gasteiger charge is 2.10. The Balaban J connectivity index is 1.49. The zero-order valence-corrected chi connectivity index (χ0v) is 26.7. The number of ether oxygens (including phenoxy) is 3. The first kappa shape index (κ1) is 33.6. The summed E-state index contributed by atoms with van der Waals surface area (Å²) < 4.78 is 16.5. The van der Waals surface area contributed by atoms with E-state index in [1.54, 1.807) is 50.2 Å². The van der Waals surface area contributed by atoms with E-state index >= 15 is 0 Å². The molecule has 0 unspecified atom stereocenters. The zero-order valence-electron chi connectivity index (χ0n) is 26.7. The fourth-order valence-corrected chi connectivity index (χ4v) is 3.89. The molecule has 4 aromatic rings. The van der Waals surface area contributed by atoms with Gasteiger partial charge in [-0.2, -0.15) is 0 Å². The molecule has 0 aliphatic carbocycles. The second kappa shape index (κ2) is 15.6. The van der Waals surface area contributed by atoms with E-state index in [1.807, 2.05) is 49.4 Å². The van der Waals surface area contributed by atoms with Crippen LogP contribution in [-0.2, 0) is 20.9 Å². The lowest BCUT2D eigenvalue weighted by atomic mass is 10.0. The molecule has 0 saturated carbocycles. The third kappa shape index (κ3) is 9.85. The lowest BCUT2D eigenvalue weighted by molar-refractivity contribution is -0.130. The molecular weight excluding hydrogens is 584 g/mol. The maximum absolute atomic E-state index is 12.4. The van der Waals surface area contributed by atoms with Crippen molar-refractivity contribution in [2.45, 2.75) is 27.4 Å². The molecule has 47 heavy (non-hydrogen) atoms. The van der Waals surface area contributed by atoms with Gasteiger partial charge in [0, 0.05) is 27.8 Å². The summed E-state index contributed by atoms with van der Waals surface area (Å²) in [6.07, 6.45) is 0. The third-order valence-corrected chi connectivity index (χ3v) is 6.70. The Kier molecular flexibility index (Phi) is 11.2. The van der Waals surface area contributed by atoms with Crippen LogP contribution in [0.25, 0.3) is 11.1 Å². The molecule has 0 bridgehead atoms.